The smallest absolute Gasteiger partial charge is 0.335 e. The Morgan fingerprint density at radius 2 is 1.95 bits per heavy atom. The van der Waals surface area contributed by atoms with Crippen LogP contribution in [0.4, 0.5) is 5.69 Å². The molecule has 0 aliphatic carbocycles. The topological polar surface area (TPSA) is 92.4 Å². The fourth-order valence-electron chi connectivity index (χ4n) is 1.60. The molecule has 0 heterocycles. The van der Waals surface area contributed by atoms with Crippen LogP contribution in [0.1, 0.15) is 43.1 Å². The zero-order valence-electron chi connectivity index (χ0n) is 12.4. The molecule has 4 N–H and O–H groups in total. The summed E-state index contributed by atoms with van der Waals surface area (Å²) in [5, 5.41) is 11.7. The van der Waals surface area contributed by atoms with Crippen LogP contribution in [0.5, 0.6) is 0 Å². The summed E-state index contributed by atoms with van der Waals surface area (Å²) >= 11 is 0. The number of rotatable bonds is 4. The summed E-state index contributed by atoms with van der Waals surface area (Å²) in [7, 11) is 0. The van der Waals surface area contributed by atoms with Gasteiger partial charge in [0.2, 0.25) is 5.91 Å². The highest BCUT2D eigenvalue weighted by molar-refractivity contribution is 5.95. The van der Waals surface area contributed by atoms with Gasteiger partial charge in [-0.15, -0.1) is 0 Å². The fraction of sp³-hybridized carbons (Fsp3) is 0.467. The molecule has 5 nitrogen and oxygen atoms in total. The number of carbonyl (C=O) groups excluding carboxylic acids is 1. The number of hydrogen-bond donors (Lipinski definition) is 3. The molecule has 1 aromatic carbocycles. The third-order valence-electron chi connectivity index (χ3n) is 3.28. The third-order valence-corrected chi connectivity index (χ3v) is 3.28. The summed E-state index contributed by atoms with van der Waals surface area (Å²) in [5.74, 6) is -1.23. The summed E-state index contributed by atoms with van der Waals surface area (Å²) in [6.07, 6.45) is 0.195. The number of carbonyl (C=O) groups is 2. The highest BCUT2D eigenvalue weighted by Gasteiger charge is 2.23. The van der Waals surface area contributed by atoms with Crippen LogP contribution in [-0.4, -0.2) is 23.0 Å². The molecule has 0 saturated heterocycles. The van der Waals surface area contributed by atoms with Crippen LogP contribution in [0.3, 0.4) is 0 Å². The Labute approximate surface area is 119 Å². The molecule has 1 atom stereocenters. The van der Waals surface area contributed by atoms with Crippen molar-refractivity contribution in [3.8, 4) is 0 Å². The maximum absolute atomic E-state index is 12.0. The van der Waals surface area contributed by atoms with Gasteiger partial charge in [0.15, 0.2) is 0 Å². The van der Waals surface area contributed by atoms with Crippen LogP contribution in [-0.2, 0) is 4.79 Å². The van der Waals surface area contributed by atoms with Crippen molar-refractivity contribution in [2.75, 3.05) is 5.32 Å². The van der Waals surface area contributed by atoms with Crippen molar-refractivity contribution in [2.45, 2.75) is 40.2 Å². The number of nitrogens with two attached hydrogens (primary N) is 1. The Hall–Kier alpha value is -1.88. The van der Waals surface area contributed by atoms with E-state index in [0.717, 1.165) is 5.56 Å². The maximum Gasteiger partial charge on any atom is 0.335 e. The molecule has 0 radical (unpaired) electrons. The number of anilines is 1. The first-order chi connectivity index (χ1) is 9.11. The van der Waals surface area contributed by atoms with E-state index in [1.54, 1.807) is 6.07 Å². The lowest BCUT2D eigenvalue weighted by atomic mass is 9.85. The molecular formula is C15H22N2O3. The predicted octanol–water partition coefficient (Wildman–Crippen LogP) is 2.40. The lowest BCUT2D eigenvalue weighted by Gasteiger charge is -2.26. The Bertz CT molecular complexity index is 518. The minimum Gasteiger partial charge on any atom is -0.478 e. The van der Waals surface area contributed by atoms with Gasteiger partial charge in [-0.05, 0) is 30.0 Å². The number of carboxylic acid groups (broad SMARTS) is 1. The monoisotopic (exact) mass is 278 g/mol. The molecule has 20 heavy (non-hydrogen) atoms. The second-order valence-corrected chi connectivity index (χ2v) is 6.06. The largest absolute Gasteiger partial charge is 0.478 e. The zero-order valence-corrected chi connectivity index (χ0v) is 12.4. The first kappa shape index (κ1) is 16.2. The van der Waals surface area contributed by atoms with E-state index in [1.807, 2.05) is 27.7 Å². The van der Waals surface area contributed by atoms with Crippen LogP contribution in [0.2, 0.25) is 0 Å². The molecule has 0 spiro atoms. The lowest BCUT2D eigenvalue weighted by Crippen LogP contribution is -2.38. The van der Waals surface area contributed by atoms with Gasteiger partial charge in [0, 0.05) is 18.2 Å². The van der Waals surface area contributed by atoms with Crippen LogP contribution < -0.4 is 11.1 Å². The second-order valence-electron chi connectivity index (χ2n) is 6.06. The first-order valence-electron chi connectivity index (χ1n) is 6.50. The third kappa shape index (κ3) is 4.35. The molecule has 1 rings (SSSR count). The van der Waals surface area contributed by atoms with Gasteiger partial charge in [-0.1, -0.05) is 26.8 Å². The number of hydrogen-bond acceptors (Lipinski definition) is 3. The van der Waals surface area contributed by atoms with Crippen LogP contribution in [0.25, 0.3) is 0 Å². The minimum absolute atomic E-state index is 0.144. The van der Waals surface area contributed by atoms with Gasteiger partial charge in [0.1, 0.15) is 0 Å². The van der Waals surface area contributed by atoms with Crippen LogP contribution >= 0.6 is 0 Å². The average Bonchev–Trinajstić information content (AvgIpc) is 2.30. The SMILES string of the molecule is Cc1ccc(C(=O)O)cc1NC(=O)CC(N)C(C)(C)C. The number of aryl methyl sites for hydroxylation is 1. The van der Waals surface area contributed by atoms with Crippen molar-refractivity contribution >= 4 is 17.6 Å². The molecule has 0 fully saturated rings. The van der Waals surface area contributed by atoms with Gasteiger partial charge < -0.3 is 16.2 Å². The Kier molecular flexibility index (Phi) is 4.89. The van der Waals surface area contributed by atoms with E-state index in [4.69, 9.17) is 10.8 Å². The summed E-state index contributed by atoms with van der Waals surface area (Å²) < 4.78 is 0. The van der Waals surface area contributed by atoms with Crippen LogP contribution in [0.15, 0.2) is 18.2 Å². The maximum atomic E-state index is 12.0. The molecule has 1 amide bonds. The van der Waals surface area contributed by atoms with E-state index >= 15 is 0 Å². The quantitative estimate of drug-likeness (QED) is 0.788. The highest BCUT2D eigenvalue weighted by atomic mass is 16.4. The Morgan fingerprint density at radius 1 is 1.35 bits per heavy atom. The molecule has 1 aromatic rings. The van der Waals surface area contributed by atoms with Gasteiger partial charge in [0.25, 0.3) is 0 Å². The lowest BCUT2D eigenvalue weighted by molar-refractivity contribution is -0.117. The zero-order chi connectivity index (χ0) is 15.5. The molecule has 5 heteroatoms. The van der Waals surface area contributed by atoms with E-state index in [2.05, 4.69) is 5.32 Å². The van der Waals surface area contributed by atoms with Gasteiger partial charge in [0.05, 0.1) is 5.56 Å². The summed E-state index contributed by atoms with van der Waals surface area (Å²) in [6.45, 7) is 7.73. The molecule has 0 bridgehead atoms. The van der Waals surface area contributed by atoms with Crippen LogP contribution in [0, 0.1) is 12.3 Å². The van der Waals surface area contributed by atoms with Gasteiger partial charge >= 0.3 is 5.97 Å². The van der Waals surface area contributed by atoms with Crippen molar-refractivity contribution in [1.82, 2.24) is 0 Å². The number of amides is 1. The second kappa shape index (κ2) is 6.05. The molecule has 0 aliphatic rings. The summed E-state index contributed by atoms with van der Waals surface area (Å²) in [4.78, 5) is 22.9. The molecule has 1 unspecified atom stereocenters. The molecule has 0 aromatic heterocycles. The van der Waals surface area contributed by atoms with Gasteiger partial charge in [-0.25, -0.2) is 4.79 Å². The fourth-order valence-corrected chi connectivity index (χ4v) is 1.60. The number of benzene rings is 1. The molecule has 110 valence electrons. The number of carboxylic acids is 1. The molecular weight excluding hydrogens is 256 g/mol. The number of aromatic carboxylic acids is 1. The van der Waals surface area contributed by atoms with E-state index < -0.39 is 5.97 Å². The summed E-state index contributed by atoms with van der Waals surface area (Å²) in [5.41, 5.74) is 7.28. The van der Waals surface area contributed by atoms with E-state index in [9.17, 15) is 9.59 Å². The normalized spacial score (nSPS) is 12.8. The van der Waals surface area contributed by atoms with E-state index in [1.165, 1.54) is 12.1 Å². The van der Waals surface area contributed by atoms with Gasteiger partial charge in [-0.2, -0.15) is 0 Å². The minimum atomic E-state index is -1.02. The highest BCUT2D eigenvalue weighted by Crippen LogP contribution is 2.21. The van der Waals surface area contributed by atoms with E-state index in [0.29, 0.717) is 5.69 Å². The van der Waals surface area contributed by atoms with E-state index in [-0.39, 0.29) is 29.3 Å². The summed E-state index contributed by atoms with van der Waals surface area (Å²) in [6, 6.07) is 4.38. The van der Waals surface area contributed by atoms with Crippen molar-refractivity contribution in [2.24, 2.45) is 11.1 Å². The van der Waals surface area contributed by atoms with Crippen molar-refractivity contribution in [3.63, 3.8) is 0 Å². The molecule has 0 saturated carbocycles. The Morgan fingerprint density at radius 3 is 2.45 bits per heavy atom. The van der Waals surface area contributed by atoms with Crippen molar-refractivity contribution < 1.29 is 14.7 Å². The van der Waals surface area contributed by atoms with Crippen molar-refractivity contribution in [3.05, 3.63) is 29.3 Å². The Balaban J connectivity index is 2.80. The predicted molar refractivity (Wildman–Crippen MR) is 78.8 cm³/mol. The average molecular weight is 278 g/mol. The number of nitrogens with one attached hydrogen (secondary N) is 1. The van der Waals surface area contributed by atoms with Crippen molar-refractivity contribution in [1.29, 1.82) is 0 Å². The first-order valence-corrected chi connectivity index (χ1v) is 6.50. The standard InChI is InChI=1S/C15H22N2O3/c1-9-5-6-10(14(19)20)7-11(9)17-13(18)8-12(16)15(2,3)4/h5-7,12H,8,16H2,1-4H3,(H,17,18)(H,19,20). The molecule has 0 aliphatic heterocycles. The van der Waals surface area contributed by atoms with Gasteiger partial charge in [-0.3, -0.25) is 4.79 Å².